The minimum absolute atomic E-state index is 0.0535. The number of aromatic nitrogens is 1. The lowest BCUT2D eigenvalue weighted by Gasteiger charge is -2.19. The van der Waals surface area contributed by atoms with Gasteiger partial charge in [0.15, 0.2) is 0 Å². The summed E-state index contributed by atoms with van der Waals surface area (Å²) in [6.45, 7) is 4.06. The van der Waals surface area contributed by atoms with E-state index in [2.05, 4.69) is 22.5 Å². The Morgan fingerprint density at radius 2 is 2.11 bits per heavy atom. The van der Waals surface area contributed by atoms with Gasteiger partial charge in [-0.3, -0.25) is 9.88 Å². The molecule has 0 bridgehead atoms. The Morgan fingerprint density at radius 1 is 1.26 bits per heavy atom. The molecule has 1 aliphatic rings. The fourth-order valence-electron chi connectivity index (χ4n) is 3.33. The Kier molecular flexibility index (Phi) is 4.73. The second-order valence-corrected chi connectivity index (χ2v) is 6.74. The van der Waals surface area contributed by atoms with Crippen LogP contribution in [0.5, 0.6) is 0 Å². The molecule has 2 N–H and O–H groups in total. The SMILES string of the molecule is CC(NCc1cnc2c(F)cccc2c1)c1cccc(N2CCNC2=O)c1. The van der Waals surface area contributed by atoms with Crippen molar-refractivity contribution in [2.45, 2.75) is 19.5 Å². The molecular weight excluding hydrogens is 343 g/mol. The van der Waals surface area contributed by atoms with Gasteiger partial charge < -0.3 is 10.6 Å². The molecule has 1 atom stereocenters. The number of carbonyl (C=O) groups is 1. The maximum Gasteiger partial charge on any atom is 0.321 e. The van der Waals surface area contributed by atoms with Gasteiger partial charge in [0.05, 0.1) is 0 Å². The van der Waals surface area contributed by atoms with Crippen molar-refractivity contribution in [3.8, 4) is 0 Å². The largest absolute Gasteiger partial charge is 0.336 e. The fourth-order valence-corrected chi connectivity index (χ4v) is 3.33. The number of anilines is 1. The minimum atomic E-state index is -0.303. The zero-order valence-electron chi connectivity index (χ0n) is 15.1. The van der Waals surface area contributed by atoms with Crippen LogP contribution in [0.15, 0.2) is 54.7 Å². The normalized spacial score (nSPS) is 15.2. The van der Waals surface area contributed by atoms with Gasteiger partial charge in [-0.25, -0.2) is 9.18 Å². The molecule has 1 saturated heterocycles. The molecule has 0 spiro atoms. The van der Waals surface area contributed by atoms with E-state index in [0.29, 0.717) is 25.2 Å². The fraction of sp³-hybridized carbons (Fsp3) is 0.238. The molecule has 0 aliphatic carbocycles. The summed E-state index contributed by atoms with van der Waals surface area (Å²) in [6, 6.07) is 15.0. The van der Waals surface area contributed by atoms with E-state index in [1.54, 1.807) is 17.2 Å². The van der Waals surface area contributed by atoms with E-state index in [9.17, 15) is 9.18 Å². The Morgan fingerprint density at radius 3 is 2.93 bits per heavy atom. The molecular formula is C21H21FN4O. The van der Waals surface area contributed by atoms with E-state index in [1.807, 2.05) is 36.4 Å². The number of amides is 2. The summed E-state index contributed by atoms with van der Waals surface area (Å²) in [5.41, 5.74) is 3.40. The predicted octanol–water partition coefficient (Wildman–Crippen LogP) is 3.75. The molecule has 1 fully saturated rings. The van der Waals surface area contributed by atoms with Gasteiger partial charge in [-0.1, -0.05) is 24.3 Å². The van der Waals surface area contributed by atoms with Crippen molar-refractivity contribution in [1.29, 1.82) is 0 Å². The Hall–Kier alpha value is -2.99. The first-order valence-corrected chi connectivity index (χ1v) is 9.04. The van der Waals surface area contributed by atoms with Crippen LogP contribution in [0.4, 0.5) is 14.9 Å². The van der Waals surface area contributed by atoms with Gasteiger partial charge in [-0.15, -0.1) is 0 Å². The van der Waals surface area contributed by atoms with Gasteiger partial charge in [0.1, 0.15) is 11.3 Å². The summed E-state index contributed by atoms with van der Waals surface area (Å²) in [5.74, 6) is -0.303. The highest BCUT2D eigenvalue weighted by atomic mass is 19.1. The van der Waals surface area contributed by atoms with E-state index >= 15 is 0 Å². The molecule has 1 aliphatic heterocycles. The summed E-state index contributed by atoms with van der Waals surface area (Å²) < 4.78 is 13.7. The van der Waals surface area contributed by atoms with Crippen LogP contribution in [-0.2, 0) is 6.54 Å². The standard InChI is InChI=1S/C21H21FN4O/c1-14(16-4-2-6-18(11-16)26-9-8-23-21(26)27)24-12-15-10-17-5-3-7-19(22)20(17)25-13-15/h2-7,10-11,13-14,24H,8-9,12H2,1H3,(H,23,27). The third kappa shape index (κ3) is 3.61. The zero-order chi connectivity index (χ0) is 18.8. The molecule has 0 saturated carbocycles. The van der Waals surface area contributed by atoms with Crippen molar-refractivity contribution in [2.24, 2.45) is 0 Å². The van der Waals surface area contributed by atoms with Crippen molar-refractivity contribution in [3.05, 3.63) is 71.7 Å². The number of nitrogens with zero attached hydrogens (tertiary/aromatic N) is 2. The highest BCUT2D eigenvalue weighted by Crippen LogP contribution is 2.23. The topological polar surface area (TPSA) is 57.3 Å². The van der Waals surface area contributed by atoms with Gasteiger partial charge >= 0.3 is 6.03 Å². The molecule has 6 heteroatoms. The first kappa shape index (κ1) is 17.4. The van der Waals surface area contributed by atoms with Crippen LogP contribution in [0.3, 0.4) is 0 Å². The van der Waals surface area contributed by atoms with Crippen molar-refractivity contribution in [1.82, 2.24) is 15.6 Å². The maximum absolute atomic E-state index is 13.7. The lowest BCUT2D eigenvalue weighted by molar-refractivity contribution is 0.252. The molecule has 138 valence electrons. The average molecular weight is 364 g/mol. The number of benzene rings is 2. The molecule has 27 heavy (non-hydrogen) atoms. The van der Waals surface area contributed by atoms with Crippen molar-refractivity contribution >= 4 is 22.6 Å². The van der Waals surface area contributed by atoms with Crippen LogP contribution in [0.25, 0.3) is 10.9 Å². The second-order valence-electron chi connectivity index (χ2n) is 6.74. The Bertz CT molecular complexity index is 991. The lowest BCUT2D eigenvalue weighted by atomic mass is 10.1. The molecule has 4 rings (SSSR count). The van der Waals surface area contributed by atoms with Gasteiger partial charge in [0.2, 0.25) is 0 Å². The van der Waals surface area contributed by atoms with Crippen LogP contribution in [0, 0.1) is 5.82 Å². The Balaban J connectivity index is 1.46. The molecule has 5 nitrogen and oxygen atoms in total. The first-order chi connectivity index (χ1) is 13.1. The number of hydrogen-bond acceptors (Lipinski definition) is 3. The van der Waals surface area contributed by atoms with Crippen LogP contribution < -0.4 is 15.5 Å². The summed E-state index contributed by atoms with van der Waals surface area (Å²) in [5, 5.41) is 7.09. The highest BCUT2D eigenvalue weighted by Gasteiger charge is 2.21. The molecule has 1 unspecified atom stereocenters. The number of para-hydroxylation sites is 1. The van der Waals surface area contributed by atoms with Gasteiger partial charge in [-0.2, -0.15) is 0 Å². The van der Waals surface area contributed by atoms with E-state index in [4.69, 9.17) is 0 Å². The number of nitrogens with one attached hydrogen (secondary N) is 2. The number of carbonyl (C=O) groups excluding carboxylic acids is 1. The third-order valence-electron chi connectivity index (χ3n) is 4.87. The lowest BCUT2D eigenvalue weighted by Crippen LogP contribution is -2.28. The van der Waals surface area contributed by atoms with Crippen LogP contribution in [0.1, 0.15) is 24.1 Å². The summed E-state index contributed by atoms with van der Waals surface area (Å²) in [6.07, 6.45) is 1.70. The molecule has 2 heterocycles. The maximum atomic E-state index is 13.7. The van der Waals surface area contributed by atoms with Gasteiger partial charge in [0.25, 0.3) is 0 Å². The predicted molar refractivity (Wildman–Crippen MR) is 104 cm³/mol. The van der Waals surface area contributed by atoms with Crippen LogP contribution >= 0.6 is 0 Å². The molecule has 2 aromatic carbocycles. The van der Waals surface area contributed by atoms with Crippen LogP contribution in [0.2, 0.25) is 0 Å². The second kappa shape index (κ2) is 7.32. The molecule has 2 amide bonds. The summed E-state index contributed by atoms with van der Waals surface area (Å²) >= 11 is 0. The molecule has 3 aromatic rings. The first-order valence-electron chi connectivity index (χ1n) is 9.04. The zero-order valence-corrected chi connectivity index (χ0v) is 15.1. The van der Waals surface area contributed by atoms with Gasteiger partial charge in [0, 0.05) is 42.9 Å². The summed E-state index contributed by atoms with van der Waals surface area (Å²) in [4.78, 5) is 17.9. The number of rotatable bonds is 5. The van der Waals surface area contributed by atoms with E-state index in [1.165, 1.54) is 6.07 Å². The number of fused-ring (bicyclic) bond motifs is 1. The van der Waals surface area contributed by atoms with Gasteiger partial charge in [-0.05, 0) is 42.3 Å². The highest BCUT2D eigenvalue weighted by molar-refractivity contribution is 5.94. The molecule has 0 radical (unpaired) electrons. The van der Waals surface area contributed by atoms with Crippen molar-refractivity contribution in [2.75, 3.05) is 18.0 Å². The van der Waals surface area contributed by atoms with E-state index < -0.39 is 0 Å². The van der Waals surface area contributed by atoms with Crippen molar-refractivity contribution < 1.29 is 9.18 Å². The number of pyridine rings is 1. The number of halogens is 1. The smallest absolute Gasteiger partial charge is 0.321 e. The van der Waals surface area contributed by atoms with Crippen LogP contribution in [-0.4, -0.2) is 24.1 Å². The number of hydrogen-bond donors (Lipinski definition) is 2. The van der Waals surface area contributed by atoms with E-state index in [0.717, 1.165) is 22.2 Å². The number of urea groups is 1. The monoisotopic (exact) mass is 364 g/mol. The molecule has 1 aromatic heterocycles. The Labute approximate surface area is 157 Å². The summed E-state index contributed by atoms with van der Waals surface area (Å²) in [7, 11) is 0. The third-order valence-corrected chi connectivity index (χ3v) is 4.87. The van der Waals surface area contributed by atoms with Crippen molar-refractivity contribution in [3.63, 3.8) is 0 Å². The quantitative estimate of drug-likeness (QED) is 0.725. The van der Waals surface area contributed by atoms with E-state index in [-0.39, 0.29) is 17.9 Å². The minimum Gasteiger partial charge on any atom is -0.336 e. The average Bonchev–Trinajstić information content (AvgIpc) is 3.12.